The van der Waals surface area contributed by atoms with E-state index in [0.717, 1.165) is 22.9 Å². The summed E-state index contributed by atoms with van der Waals surface area (Å²) in [6.07, 6.45) is 2.75. The van der Waals surface area contributed by atoms with E-state index in [9.17, 15) is 4.79 Å². The zero-order valence-electron chi connectivity index (χ0n) is 10.3. The highest BCUT2D eigenvalue weighted by molar-refractivity contribution is 9.10. The number of nitrogens with zero attached hydrogens (tertiary/aromatic N) is 1. The standard InChI is InChI=1S/C14H14BrCl2NO/c15-10-3-1-2-9(6-10)8-18(11-4-5-11)13(19)12-7-14(12,16)17/h1-3,6,11-12H,4-5,7-8H2. The first-order valence-corrected chi connectivity index (χ1v) is 7.95. The normalized spacial score (nSPS) is 24.1. The minimum Gasteiger partial charge on any atom is -0.335 e. The van der Waals surface area contributed by atoms with E-state index in [2.05, 4.69) is 15.9 Å². The van der Waals surface area contributed by atoms with E-state index < -0.39 is 4.33 Å². The number of benzene rings is 1. The molecule has 2 fully saturated rings. The Morgan fingerprint density at radius 3 is 2.63 bits per heavy atom. The van der Waals surface area contributed by atoms with Crippen LogP contribution in [-0.2, 0) is 11.3 Å². The minimum atomic E-state index is -0.832. The molecule has 5 heteroatoms. The Morgan fingerprint density at radius 1 is 1.42 bits per heavy atom. The van der Waals surface area contributed by atoms with Crippen LogP contribution in [0.25, 0.3) is 0 Å². The number of carbonyl (C=O) groups is 1. The molecule has 2 aliphatic rings. The largest absolute Gasteiger partial charge is 0.335 e. The van der Waals surface area contributed by atoms with E-state index >= 15 is 0 Å². The summed E-state index contributed by atoms with van der Waals surface area (Å²) in [5.74, 6) is -0.115. The number of alkyl halides is 2. The van der Waals surface area contributed by atoms with Crippen LogP contribution in [0.1, 0.15) is 24.8 Å². The molecule has 2 saturated carbocycles. The molecule has 2 nitrogen and oxygen atoms in total. The lowest BCUT2D eigenvalue weighted by atomic mass is 10.2. The molecule has 0 aromatic heterocycles. The van der Waals surface area contributed by atoms with E-state index in [1.807, 2.05) is 29.2 Å². The number of hydrogen-bond acceptors (Lipinski definition) is 1. The third-order valence-corrected chi connectivity index (χ3v) is 4.97. The van der Waals surface area contributed by atoms with Gasteiger partial charge < -0.3 is 4.90 Å². The fraction of sp³-hybridized carbons (Fsp3) is 0.500. The topological polar surface area (TPSA) is 20.3 Å². The molecule has 0 aliphatic heterocycles. The van der Waals surface area contributed by atoms with Crippen molar-refractivity contribution in [3.8, 4) is 0 Å². The van der Waals surface area contributed by atoms with E-state index in [1.54, 1.807) is 0 Å². The van der Waals surface area contributed by atoms with Crippen molar-refractivity contribution in [2.75, 3.05) is 0 Å². The van der Waals surface area contributed by atoms with Crippen molar-refractivity contribution >= 4 is 45.0 Å². The van der Waals surface area contributed by atoms with Gasteiger partial charge in [-0.25, -0.2) is 0 Å². The van der Waals surface area contributed by atoms with Gasteiger partial charge in [-0.1, -0.05) is 28.1 Å². The van der Waals surface area contributed by atoms with Crippen LogP contribution in [0.4, 0.5) is 0 Å². The Morgan fingerprint density at radius 2 is 2.11 bits per heavy atom. The summed E-state index contributed by atoms with van der Waals surface area (Å²) in [6, 6.07) is 8.42. The molecule has 1 unspecified atom stereocenters. The molecule has 0 radical (unpaired) electrons. The summed E-state index contributed by atoms with van der Waals surface area (Å²) in [6.45, 7) is 0.642. The predicted octanol–water partition coefficient (Wildman–Crippen LogP) is 4.13. The molecule has 102 valence electrons. The van der Waals surface area contributed by atoms with Crippen molar-refractivity contribution in [2.24, 2.45) is 5.92 Å². The van der Waals surface area contributed by atoms with Crippen LogP contribution in [0.2, 0.25) is 0 Å². The molecule has 3 rings (SSSR count). The molecule has 0 N–H and O–H groups in total. The zero-order chi connectivity index (χ0) is 13.6. The van der Waals surface area contributed by atoms with Gasteiger partial charge in [0.05, 0.1) is 5.92 Å². The lowest BCUT2D eigenvalue weighted by Crippen LogP contribution is -2.34. The lowest BCUT2D eigenvalue weighted by Gasteiger charge is -2.23. The van der Waals surface area contributed by atoms with Crippen LogP contribution in [0.5, 0.6) is 0 Å². The van der Waals surface area contributed by atoms with Crippen molar-refractivity contribution in [2.45, 2.75) is 36.2 Å². The van der Waals surface area contributed by atoms with Crippen molar-refractivity contribution in [1.82, 2.24) is 4.90 Å². The predicted molar refractivity (Wildman–Crippen MR) is 80.3 cm³/mol. The van der Waals surface area contributed by atoms with E-state index in [1.165, 1.54) is 0 Å². The van der Waals surface area contributed by atoms with Gasteiger partial charge in [0.2, 0.25) is 5.91 Å². The van der Waals surface area contributed by atoms with Gasteiger partial charge >= 0.3 is 0 Å². The molecular formula is C14H14BrCl2NO. The van der Waals surface area contributed by atoms with Gasteiger partial charge in [0.15, 0.2) is 0 Å². The molecule has 0 heterocycles. The summed E-state index contributed by atoms with van der Waals surface area (Å²) in [5, 5.41) is 0. The molecule has 1 aromatic carbocycles. The Hall–Kier alpha value is -0.250. The molecular weight excluding hydrogens is 349 g/mol. The first-order valence-electron chi connectivity index (χ1n) is 6.40. The molecule has 0 spiro atoms. The SMILES string of the molecule is O=C(C1CC1(Cl)Cl)N(Cc1cccc(Br)c1)C1CC1. The second kappa shape index (κ2) is 4.94. The molecule has 2 aliphatic carbocycles. The van der Waals surface area contributed by atoms with Crippen LogP contribution in [0, 0.1) is 5.92 Å². The first kappa shape index (κ1) is 13.7. The van der Waals surface area contributed by atoms with Gasteiger partial charge in [-0.05, 0) is 37.0 Å². The summed E-state index contributed by atoms with van der Waals surface area (Å²) in [5.41, 5.74) is 1.13. The average Bonchev–Trinajstić information content (AvgIpc) is 3.23. The summed E-state index contributed by atoms with van der Waals surface area (Å²) < 4.78 is 0.199. The monoisotopic (exact) mass is 361 g/mol. The van der Waals surface area contributed by atoms with Gasteiger partial charge in [0.1, 0.15) is 4.33 Å². The first-order chi connectivity index (χ1) is 8.97. The van der Waals surface area contributed by atoms with Crippen LogP contribution in [0.15, 0.2) is 28.7 Å². The second-order valence-corrected chi connectivity index (χ2v) is 7.80. The molecule has 1 amide bonds. The fourth-order valence-corrected chi connectivity index (χ4v) is 3.23. The average molecular weight is 363 g/mol. The Balaban J connectivity index is 1.73. The highest BCUT2D eigenvalue weighted by Crippen LogP contribution is 2.54. The van der Waals surface area contributed by atoms with E-state index in [0.29, 0.717) is 19.0 Å². The van der Waals surface area contributed by atoms with E-state index in [4.69, 9.17) is 23.2 Å². The van der Waals surface area contributed by atoms with Gasteiger partial charge in [-0.3, -0.25) is 4.79 Å². The maximum atomic E-state index is 12.4. The minimum absolute atomic E-state index is 0.104. The Kier molecular flexibility index (Phi) is 3.57. The van der Waals surface area contributed by atoms with Gasteiger partial charge in [0, 0.05) is 17.1 Å². The molecule has 19 heavy (non-hydrogen) atoms. The van der Waals surface area contributed by atoms with Crippen molar-refractivity contribution in [1.29, 1.82) is 0 Å². The highest BCUT2D eigenvalue weighted by Gasteiger charge is 2.58. The molecule has 1 aromatic rings. The van der Waals surface area contributed by atoms with Crippen LogP contribution < -0.4 is 0 Å². The maximum Gasteiger partial charge on any atom is 0.229 e. The lowest BCUT2D eigenvalue weighted by molar-refractivity contribution is -0.133. The third-order valence-electron chi connectivity index (χ3n) is 3.64. The Labute approximate surface area is 131 Å². The van der Waals surface area contributed by atoms with Crippen molar-refractivity contribution < 1.29 is 4.79 Å². The third kappa shape index (κ3) is 3.09. The number of amides is 1. The number of rotatable bonds is 4. The molecule has 0 saturated heterocycles. The smallest absolute Gasteiger partial charge is 0.229 e. The van der Waals surface area contributed by atoms with Crippen LogP contribution in [0.3, 0.4) is 0 Å². The second-order valence-electron chi connectivity index (χ2n) is 5.34. The zero-order valence-corrected chi connectivity index (χ0v) is 13.4. The van der Waals surface area contributed by atoms with Crippen LogP contribution >= 0.6 is 39.1 Å². The summed E-state index contributed by atoms with van der Waals surface area (Å²) >= 11 is 15.5. The van der Waals surface area contributed by atoms with Gasteiger partial charge in [-0.2, -0.15) is 0 Å². The molecule has 0 bridgehead atoms. The highest BCUT2D eigenvalue weighted by atomic mass is 79.9. The van der Waals surface area contributed by atoms with Gasteiger partial charge in [-0.15, -0.1) is 23.2 Å². The fourth-order valence-electron chi connectivity index (χ4n) is 2.29. The summed E-state index contributed by atoms with van der Waals surface area (Å²) in [4.78, 5) is 14.4. The molecule has 1 atom stereocenters. The number of carbonyl (C=O) groups excluding carboxylic acids is 1. The quantitative estimate of drug-likeness (QED) is 0.737. The maximum absolute atomic E-state index is 12.4. The van der Waals surface area contributed by atoms with Crippen molar-refractivity contribution in [3.05, 3.63) is 34.3 Å². The Bertz CT molecular complexity index is 516. The van der Waals surface area contributed by atoms with E-state index in [-0.39, 0.29) is 11.8 Å². The number of hydrogen-bond donors (Lipinski definition) is 0. The van der Waals surface area contributed by atoms with Crippen molar-refractivity contribution in [3.63, 3.8) is 0 Å². The number of halogens is 3. The van der Waals surface area contributed by atoms with Crippen LogP contribution in [-0.4, -0.2) is 21.2 Å². The summed E-state index contributed by atoms with van der Waals surface area (Å²) in [7, 11) is 0. The van der Waals surface area contributed by atoms with Gasteiger partial charge in [0.25, 0.3) is 0 Å².